The van der Waals surface area contributed by atoms with Gasteiger partial charge in [-0.15, -0.1) is 11.3 Å². The van der Waals surface area contributed by atoms with Gasteiger partial charge in [0.2, 0.25) is 5.91 Å². The van der Waals surface area contributed by atoms with Crippen molar-refractivity contribution in [2.24, 2.45) is 0 Å². The van der Waals surface area contributed by atoms with Crippen molar-refractivity contribution < 1.29 is 27.2 Å². The molecule has 0 bridgehead atoms. The van der Waals surface area contributed by atoms with Crippen LogP contribution in [0.3, 0.4) is 0 Å². The predicted octanol–water partition coefficient (Wildman–Crippen LogP) is 3.42. The minimum atomic E-state index is -4.69. The van der Waals surface area contributed by atoms with Crippen molar-refractivity contribution in [3.63, 3.8) is 0 Å². The molecular formula is C18H12F4N4O3S. The number of hydrogen-bond acceptors (Lipinski definition) is 5. The summed E-state index contributed by atoms with van der Waals surface area (Å²) in [5.74, 6) is -2.22. The summed E-state index contributed by atoms with van der Waals surface area (Å²) in [6.45, 7) is 0. The van der Waals surface area contributed by atoms with E-state index in [2.05, 4.69) is 15.6 Å². The lowest BCUT2D eigenvalue weighted by Crippen LogP contribution is -2.22. The second-order valence-electron chi connectivity index (χ2n) is 5.93. The van der Waals surface area contributed by atoms with Crippen molar-refractivity contribution in [2.75, 3.05) is 10.6 Å². The number of hydrogen-bond donors (Lipinski definition) is 3. The molecule has 0 saturated carbocycles. The molecule has 1 aromatic carbocycles. The Balaban J connectivity index is 1.65. The molecule has 2 amide bonds. The number of carbonyl (C=O) groups is 2. The van der Waals surface area contributed by atoms with Crippen LogP contribution in [0, 0.1) is 5.82 Å². The molecule has 2 heterocycles. The molecule has 156 valence electrons. The first-order valence-corrected chi connectivity index (χ1v) is 9.11. The molecule has 0 fully saturated rings. The number of halogens is 4. The fourth-order valence-electron chi connectivity index (χ4n) is 2.35. The van der Waals surface area contributed by atoms with Gasteiger partial charge in [0, 0.05) is 11.6 Å². The van der Waals surface area contributed by atoms with Crippen molar-refractivity contribution in [1.29, 1.82) is 0 Å². The number of rotatable bonds is 5. The normalized spacial score (nSPS) is 11.2. The van der Waals surface area contributed by atoms with Gasteiger partial charge < -0.3 is 10.3 Å². The molecule has 12 heteroatoms. The predicted molar refractivity (Wildman–Crippen MR) is 101 cm³/mol. The van der Waals surface area contributed by atoms with Crippen molar-refractivity contribution in [3.05, 3.63) is 74.9 Å². The van der Waals surface area contributed by atoms with Gasteiger partial charge in [-0.3, -0.25) is 19.7 Å². The van der Waals surface area contributed by atoms with Crippen LogP contribution in [-0.4, -0.2) is 21.8 Å². The number of amides is 2. The van der Waals surface area contributed by atoms with Crippen molar-refractivity contribution >= 4 is 34.0 Å². The molecule has 0 atom stereocenters. The summed E-state index contributed by atoms with van der Waals surface area (Å²) in [7, 11) is 0. The molecule has 3 aromatic rings. The van der Waals surface area contributed by atoms with Gasteiger partial charge in [-0.05, 0) is 18.2 Å². The molecular weight excluding hydrogens is 428 g/mol. The molecule has 0 unspecified atom stereocenters. The number of benzene rings is 1. The lowest BCUT2D eigenvalue weighted by Gasteiger charge is -2.08. The molecule has 30 heavy (non-hydrogen) atoms. The van der Waals surface area contributed by atoms with Gasteiger partial charge in [-0.25, -0.2) is 9.37 Å². The summed E-state index contributed by atoms with van der Waals surface area (Å²) >= 11 is 0.973. The zero-order chi connectivity index (χ0) is 21.9. The Morgan fingerprint density at radius 2 is 1.90 bits per heavy atom. The van der Waals surface area contributed by atoms with Crippen molar-refractivity contribution in [1.82, 2.24) is 9.97 Å². The third-order valence-electron chi connectivity index (χ3n) is 3.74. The van der Waals surface area contributed by atoms with E-state index in [0.29, 0.717) is 12.3 Å². The Kier molecular flexibility index (Phi) is 5.96. The fraction of sp³-hybridized carbons (Fsp3) is 0.111. The Hall–Kier alpha value is -3.54. The van der Waals surface area contributed by atoms with Gasteiger partial charge in [-0.2, -0.15) is 13.2 Å². The number of pyridine rings is 1. The van der Waals surface area contributed by atoms with Crippen molar-refractivity contribution in [2.45, 2.75) is 12.6 Å². The maximum absolute atomic E-state index is 13.6. The van der Waals surface area contributed by atoms with Gasteiger partial charge in [0.25, 0.3) is 11.5 Å². The highest BCUT2D eigenvalue weighted by molar-refractivity contribution is 7.14. The van der Waals surface area contributed by atoms with Gasteiger partial charge in [-0.1, -0.05) is 12.1 Å². The summed E-state index contributed by atoms with van der Waals surface area (Å²) in [4.78, 5) is 41.7. The number of alkyl halides is 3. The summed E-state index contributed by atoms with van der Waals surface area (Å²) < 4.78 is 51.8. The molecule has 3 N–H and O–H groups in total. The minimum Gasteiger partial charge on any atom is -0.327 e. The average molecular weight is 440 g/mol. The molecule has 3 rings (SSSR count). The van der Waals surface area contributed by atoms with E-state index in [1.54, 1.807) is 0 Å². The Labute approximate surface area is 169 Å². The SMILES string of the molecule is O=C(Cc1csc(NC(=O)c2ccccc2F)n1)Nc1cc(C(F)(F)F)c[nH]c1=O. The molecule has 0 radical (unpaired) electrons. The number of H-pyrrole nitrogens is 1. The number of nitrogens with zero attached hydrogens (tertiary/aromatic N) is 1. The monoisotopic (exact) mass is 440 g/mol. The van der Waals surface area contributed by atoms with Crippen LogP contribution in [0.15, 0.2) is 46.7 Å². The van der Waals surface area contributed by atoms with E-state index in [-0.39, 0.29) is 22.8 Å². The molecule has 0 aliphatic rings. The van der Waals surface area contributed by atoms with Crippen LogP contribution < -0.4 is 16.2 Å². The summed E-state index contributed by atoms with van der Waals surface area (Å²) in [6.07, 6.45) is -4.55. The highest BCUT2D eigenvalue weighted by Crippen LogP contribution is 2.29. The number of anilines is 2. The number of nitrogens with one attached hydrogen (secondary N) is 3. The average Bonchev–Trinajstić information content (AvgIpc) is 3.09. The molecule has 7 nitrogen and oxygen atoms in total. The van der Waals surface area contributed by atoms with Crippen molar-refractivity contribution in [3.8, 4) is 0 Å². The summed E-state index contributed by atoms with van der Waals surface area (Å²) in [5.41, 5.74) is -2.56. The molecule has 0 aliphatic heterocycles. The highest BCUT2D eigenvalue weighted by Gasteiger charge is 2.31. The number of aromatic amines is 1. The van der Waals surface area contributed by atoms with E-state index in [1.165, 1.54) is 23.6 Å². The van der Waals surface area contributed by atoms with E-state index < -0.39 is 40.6 Å². The number of carbonyl (C=O) groups excluding carboxylic acids is 2. The van der Waals surface area contributed by atoms with E-state index in [4.69, 9.17) is 0 Å². The van der Waals surface area contributed by atoms with Crippen LogP contribution >= 0.6 is 11.3 Å². The lowest BCUT2D eigenvalue weighted by molar-refractivity contribution is -0.137. The van der Waals surface area contributed by atoms with E-state index in [1.807, 2.05) is 4.98 Å². The third-order valence-corrected chi connectivity index (χ3v) is 4.54. The largest absolute Gasteiger partial charge is 0.417 e. The quantitative estimate of drug-likeness (QED) is 0.529. The van der Waals surface area contributed by atoms with Crippen LogP contribution in [0.5, 0.6) is 0 Å². The van der Waals surface area contributed by atoms with Crippen LogP contribution in [0.1, 0.15) is 21.6 Å². The van der Waals surface area contributed by atoms with E-state index >= 15 is 0 Å². The topological polar surface area (TPSA) is 104 Å². The highest BCUT2D eigenvalue weighted by atomic mass is 32.1. The number of thiazole rings is 1. The van der Waals surface area contributed by atoms with Crippen LogP contribution in [-0.2, 0) is 17.4 Å². The molecule has 0 saturated heterocycles. The zero-order valence-corrected chi connectivity index (χ0v) is 15.7. The second-order valence-corrected chi connectivity index (χ2v) is 6.79. The van der Waals surface area contributed by atoms with Gasteiger partial charge >= 0.3 is 6.18 Å². The lowest BCUT2D eigenvalue weighted by atomic mass is 10.2. The summed E-state index contributed by atoms with van der Waals surface area (Å²) in [6, 6.07) is 5.87. The second kappa shape index (κ2) is 8.45. The van der Waals surface area contributed by atoms with Crippen LogP contribution in [0.2, 0.25) is 0 Å². The first-order chi connectivity index (χ1) is 14.1. The molecule has 0 spiro atoms. The summed E-state index contributed by atoms with van der Waals surface area (Å²) in [5, 5.41) is 6.03. The Morgan fingerprint density at radius 3 is 2.60 bits per heavy atom. The maximum atomic E-state index is 13.6. The molecule has 0 aliphatic carbocycles. The smallest absolute Gasteiger partial charge is 0.327 e. The fourth-order valence-corrected chi connectivity index (χ4v) is 3.06. The molecule has 2 aromatic heterocycles. The van der Waals surface area contributed by atoms with Crippen LogP contribution in [0.25, 0.3) is 0 Å². The van der Waals surface area contributed by atoms with Gasteiger partial charge in [0.1, 0.15) is 11.5 Å². The van der Waals surface area contributed by atoms with Gasteiger partial charge in [0.05, 0.1) is 23.2 Å². The Bertz CT molecular complexity index is 1160. The van der Waals surface area contributed by atoms with E-state index in [0.717, 1.165) is 17.4 Å². The third kappa shape index (κ3) is 5.08. The van der Waals surface area contributed by atoms with Gasteiger partial charge in [0.15, 0.2) is 5.13 Å². The Morgan fingerprint density at radius 1 is 1.17 bits per heavy atom. The first-order valence-electron chi connectivity index (χ1n) is 8.23. The van der Waals surface area contributed by atoms with Crippen LogP contribution in [0.4, 0.5) is 28.4 Å². The standard InChI is InChI=1S/C18H12F4N4O3S/c19-12-4-2-1-3-11(12)15(28)26-17-24-10(8-30-17)6-14(27)25-13-5-9(18(20,21)22)7-23-16(13)29/h1-5,7-8H,6H2,(H,23,29)(H,25,27)(H,24,26,28). The zero-order valence-electron chi connectivity index (χ0n) is 14.8. The maximum Gasteiger partial charge on any atom is 0.417 e. The number of aromatic nitrogens is 2. The minimum absolute atomic E-state index is 0.1000. The first kappa shape index (κ1) is 21.2. The van der Waals surface area contributed by atoms with E-state index in [9.17, 15) is 31.9 Å².